The third kappa shape index (κ3) is 14.9. The summed E-state index contributed by atoms with van der Waals surface area (Å²) >= 11 is 0. The number of hydrogen-bond donors (Lipinski definition) is 0. The van der Waals surface area contributed by atoms with Gasteiger partial charge in [-0.25, -0.2) is 0 Å². The Kier molecular flexibility index (Phi) is 23.7. The Balaban J connectivity index is -0.000000303. The van der Waals surface area contributed by atoms with E-state index in [1.54, 1.807) is 0 Å². The molecule has 3 aliphatic carbocycles. The average Bonchev–Trinajstić information content (AvgIpc) is 3.29. The molecular weight excluding hydrogens is 381 g/mol. The largest absolute Gasteiger partial charge is 1.00 e. The zero-order valence-corrected chi connectivity index (χ0v) is 23.2. The Morgan fingerprint density at radius 1 is 0.444 bits per heavy atom. The van der Waals surface area contributed by atoms with Crippen molar-refractivity contribution in [1.82, 2.24) is 0 Å². The molecule has 6 nitrogen and oxygen atoms in total. The summed E-state index contributed by atoms with van der Waals surface area (Å²) in [7, 11) is 0. The van der Waals surface area contributed by atoms with Crippen LogP contribution in [0.25, 0.3) is 0 Å². The van der Waals surface area contributed by atoms with Crippen molar-refractivity contribution in [2.24, 2.45) is 17.8 Å². The number of rotatable bonds is 3. The van der Waals surface area contributed by atoms with Crippen LogP contribution in [0.15, 0.2) is 0 Å². The minimum atomic E-state index is -0.859. The van der Waals surface area contributed by atoms with Crippen molar-refractivity contribution in [1.29, 1.82) is 0 Å². The Morgan fingerprint density at radius 2 is 0.593 bits per heavy atom. The topological polar surface area (TPSA) is 120 Å². The quantitative estimate of drug-likeness (QED) is 0.428. The number of carbonyl (C=O) groups excluding carboxylic acids is 3. The molecule has 0 amide bonds. The first-order chi connectivity index (χ1) is 11.4. The molecule has 27 heavy (non-hydrogen) atoms. The minimum absolute atomic E-state index is 0. The van der Waals surface area contributed by atoms with Crippen LogP contribution in [-0.2, 0) is 14.4 Å². The second-order valence-corrected chi connectivity index (χ2v) is 6.90. The van der Waals surface area contributed by atoms with Gasteiger partial charge in [0.1, 0.15) is 0 Å². The van der Waals surface area contributed by atoms with E-state index in [2.05, 4.69) is 0 Å². The van der Waals surface area contributed by atoms with Gasteiger partial charge in [-0.1, -0.05) is 38.5 Å². The molecule has 0 unspecified atom stereocenters. The Hall–Kier alpha value is 1.41. The van der Waals surface area contributed by atoms with Crippen LogP contribution in [0.3, 0.4) is 0 Å². The number of aliphatic carboxylic acids is 3. The van der Waals surface area contributed by atoms with Crippen LogP contribution in [0.5, 0.6) is 0 Å². The van der Waals surface area contributed by atoms with Gasteiger partial charge in [0, 0.05) is 17.9 Å². The van der Waals surface area contributed by atoms with Crippen molar-refractivity contribution in [2.75, 3.05) is 0 Å². The maximum atomic E-state index is 10.1. The summed E-state index contributed by atoms with van der Waals surface area (Å²) in [5.74, 6) is -2.97. The molecule has 0 aromatic rings. The summed E-state index contributed by atoms with van der Waals surface area (Å²) in [6.45, 7) is 0. The molecule has 0 aromatic carbocycles. The van der Waals surface area contributed by atoms with E-state index in [1.165, 1.54) is 0 Å². The van der Waals surface area contributed by atoms with Gasteiger partial charge in [0.05, 0.1) is 0 Å². The average molecular weight is 408 g/mol. The monoisotopic (exact) mass is 408 g/mol. The third-order valence-corrected chi connectivity index (χ3v) is 5.07. The van der Waals surface area contributed by atoms with Crippen molar-refractivity contribution >= 4 is 17.9 Å². The summed E-state index contributed by atoms with van der Waals surface area (Å²) in [5, 5.41) is 30.3. The van der Waals surface area contributed by atoms with E-state index in [0.717, 1.165) is 77.0 Å². The number of hydrogen-bond acceptors (Lipinski definition) is 6. The van der Waals surface area contributed by atoms with E-state index in [0.29, 0.717) is 0 Å². The molecule has 3 aliphatic rings. The fourth-order valence-electron chi connectivity index (χ4n) is 3.48. The third-order valence-electron chi connectivity index (χ3n) is 5.07. The maximum Gasteiger partial charge on any atom is 1.00 e. The van der Waals surface area contributed by atoms with E-state index in [9.17, 15) is 29.7 Å². The van der Waals surface area contributed by atoms with Crippen LogP contribution < -0.4 is 104 Å². The SMILES string of the molecule is O=C([O-])C1CCCC1.O=C([O-])C1CCCC1.O=C([O-])C1CCCC1.[Na+].[Na+].[Na+]. The standard InChI is InChI=1S/3C6H10O2.3Na/c3*7-6(8)5-3-1-2-4-5;;;/h3*5H,1-4H2,(H,7,8);;;/q;;;3*+1/p-3. The predicted octanol–water partition coefficient (Wildman–Crippen LogP) is -9.21. The molecule has 3 fully saturated rings. The van der Waals surface area contributed by atoms with Crippen LogP contribution in [0.4, 0.5) is 0 Å². The zero-order valence-electron chi connectivity index (χ0n) is 17.2. The van der Waals surface area contributed by atoms with Gasteiger partial charge in [0.2, 0.25) is 0 Å². The van der Waals surface area contributed by atoms with E-state index in [1.807, 2.05) is 0 Å². The molecular formula is C18H27Na3O6. The molecule has 0 heterocycles. The zero-order chi connectivity index (χ0) is 17.9. The Morgan fingerprint density at radius 3 is 0.667 bits per heavy atom. The summed E-state index contributed by atoms with van der Waals surface area (Å²) in [4.78, 5) is 30.3. The van der Waals surface area contributed by atoms with Crippen molar-refractivity contribution in [3.05, 3.63) is 0 Å². The first-order valence-electron chi connectivity index (χ1n) is 9.04. The second kappa shape index (κ2) is 19.4. The Bertz CT molecular complexity index is 354. The van der Waals surface area contributed by atoms with Gasteiger partial charge in [0.15, 0.2) is 0 Å². The van der Waals surface area contributed by atoms with Gasteiger partial charge in [0.25, 0.3) is 0 Å². The van der Waals surface area contributed by atoms with Crippen LogP contribution in [0.2, 0.25) is 0 Å². The molecule has 0 saturated heterocycles. The first-order valence-corrected chi connectivity index (χ1v) is 9.04. The van der Waals surface area contributed by atoms with Gasteiger partial charge in [-0.05, 0) is 56.3 Å². The van der Waals surface area contributed by atoms with Crippen LogP contribution in [-0.4, -0.2) is 17.9 Å². The first kappa shape index (κ1) is 33.1. The number of carbonyl (C=O) groups is 3. The van der Waals surface area contributed by atoms with Crippen molar-refractivity contribution in [3.8, 4) is 0 Å². The van der Waals surface area contributed by atoms with Crippen LogP contribution in [0, 0.1) is 17.8 Å². The maximum absolute atomic E-state index is 10.1. The van der Waals surface area contributed by atoms with Crippen molar-refractivity contribution in [2.45, 2.75) is 77.0 Å². The normalized spacial score (nSPS) is 19.1. The van der Waals surface area contributed by atoms with Crippen LogP contribution >= 0.6 is 0 Å². The van der Waals surface area contributed by atoms with E-state index in [4.69, 9.17) is 0 Å². The molecule has 0 aromatic heterocycles. The molecule has 0 atom stereocenters. The molecule has 0 radical (unpaired) electrons. The molecule has 0 aliphatic heterocycles. The van der Waals surface area contributed by atoms with Gasteiger partial charge >= 0.3 is 88.7 Å². The summed E-state index contributed by atoms with van der Waals surface area (Å²) in [5.41, 5.74) is 0. The summed E-state index contributed by atoms with van der Waals surface area (Å²) in [6.07, 6.45) is 11.4. The van der Waals surface area contributed by atoms with Gasteiger partial charge < -0.3 is 29.7 Å². The predicted molar refractivity (Wildman–Crippen MR) is 80.9 cm³/mol. The molecule has 0 bridgehead atoms. The van der Waals surface area contributed by atoms with E-state index in [-0.39, 0.29) is 106 Å². The number of carboxylic acids is 3. The molecule has 3 rings (SSSR count). The fourth-order valence-corrected chi connectivity index (χ4v) is 3.48. The van der Waals surface area contributed by atoms with Crippen LogP contribution in [0.1, 0.15) is 77.0 Å². The van der Waals surface area contributed by atoms with E-state index >= 15 is 0 Å². The smallest absolute Gasteiger partial charge is 0.550 e. The second-order valence-electron chi connectivity index (χ2n) is 6.90. The summed E-state index contributed by atoms with van der Waals surface area (Å²) < 4.78 is 0. The van der Waals surface area contributed by atoms with Gasteiger partial charge in [-0.15, -0.1) is 0 Å². The fraction of sp³-hybridized carbons (Fsp3) is 0.833. The van der Waals surface area contributed by atoms with Crippen molar-refractivity contribution in [3.63, 3.8) is 0 Å². The molecule has 138 valence electrons. The Labute approximate surface area is 228 Å². The molecule has 3 saturated carbocycles. The molecule has 9 heteroatoms. The van der Waals surface area contributed by atoms with Gasteiger partial charge in [-0.3, -0.25) is 0 Å². The van der Waals surface area contributed by atoms with Crippen molar-refractivity contribution < 1.29 is 118 Å². The number of carboxylic acid groups (broad SMARTS) is 3. The minimum Gasteiger partial charge on any atom is -0.550 e. The summed E-state index contributed by atoms with van der Waals surface area (Å²) in [6, 6.07) is 0. The molecule has 0 spiro atoms. The molecule has 0 N–H and O–H groups in total. The van der Waals surface area contributed by atoms with Gasteiger partial charge in [-0.2, -0.15) is 0 Å². The van der Waals surface area contributed by atoms with E-state index < -0.39 is 17.9 Å².